The van der Waals surface area contributed by atoms with E-state index < -0.39 is 5.41 Å². The van der Waals surface area contributed by atoms with Crippen LogP contribution < -0.4 is 5.32 Å². The first-order valence-corrected chi connectivity index (χ1v) is 12.9. The van der Waals surface area contributed by atoms with Gasteiger partial charge in [-0.15, -0.1) is 0 Å². The van der Waals surface area contributed by atoms with Crippen molar-refractivity contribution in [2.45, 2.75) is 96.7 Å². The van der Waals surface area contributed by atoms with Crippen molar-refractivity contribution in [1.82, 2.24) is 10.3 Å². The Balaban J connectivity index is 1.60. The molecule has 4 rings (SSSR count). The number of hydrogen-bond donors (Lipinski definition) is 1. The largest absolute Gasteiger partial charge is 0.362 e. The molecule has 5 heteroatoms. The van der Waals surface area contributed by atoms with E-state index in [2.05, 4.69) is 44.3 Å². The summed E-state index contributed by atoms with van der Waals surface area (Å²) in [7, 11) is 0. The van der Waals surface area contributed by atoms with Gasteiger partial charge in [-0.2, -0.15) is 0 Å². The fourth-order valence-corrected chi connectivity index (χ4v) is 5.56. The summed E-state index contributed by atoms with van der Waals surface area (Å²) in [4.78, 5) is 30.6. The van der Waals surface area contributed by atoms with E-state index >= 15 is 0 Å². The highest BCUT2D eigenvalue weighted by molar-refractivity contribution is 5.85. The van der Waals surface area contributed by atoms with Gasteiger partial charge in [0.2, 0.25) is 5.91 Å². The molecule has 34 heavy (non-hydrogen) atoms. The van der Waals surface area contributed by atoms with Gasteiger partial charge >= 0.3 is 0 Å². The lowest BCUT2D eigenvalue weighted by Crippen LogP contribution is -2.38. The smallest absolute Gasteiger partial charge is 0.220 e. The van der Waals surface area contributed by atoms with Gasteiger partial charge in [-0.25, -0.2) is 0 Å². The molecule has 0 saturated carbocycles. The van der Waals surface area contributed by atoms with Crippen LogP contribution in [0, 0.1) is 11.3 Å². The van der Waals surface area contributed by atoms with Crippen LogP contribution in [0.4, 0.5) is 0 Å². The maximum Gasteiger partial charge on any atom is 0.220 e. The summed E-state index contributed by atoms with van der Waals surface area (Å²) in [5.74, 6) is 0.703. The minimum atomic E-state index is -0.475. The number of fused-ring (bicyclic) bond motifs is 2. The number of nitrogens with one attached hydrogen (secondary N) is 1. The Morgan fingerprint density at radius 3 is 2.53 bits per heavy atom. The fraction of sp³-hybridized carbons (Fsp3) is 0.621. The number of epoxide rings is 1. The third kappa shape index (κ3) is 5.05. The number of hydrogen-bond acceptors (Lipinski definition) is 4. The predicted molar refractivity (Wildman–Crippen MR) is 136 cm³/mol. The second-order valence-corrected chi connectivity index (χ2v) is 11.6. The fourth-order valence-electron chi connectivity index (χ4n) is 5.56. The predicted octanol–water partition coefficient (Wildman–Crippen LogP) is 5.96. The number of pyridine rings is 1. The summed E-state index contributed by atoms with van der Waals surface area (Å²) in [5.41, 5.74) is 0.807. The molecule has 1 aromatic heterocycles. The molecule has 0 bridgehead atoms. The number of Topliss-reactive ketones (excluding diaryl/α,β-unsaturated/α-hetero) is 1. The Bertz CT molecular complexity index is 1060. The van der Waals surface area contributed by atoms with Gasteiger partial charge in [-0.05, 0) is 51.2 Å². The Morgan fingerprint density at radius 1 is 0.971 bits per heavy atom. The topological polar surface area (TPSA) is 71.6 Å². The van der Waals surface area contributed by atoms with Crippen LogP contribution in [0.3, 0.4) is 0 Å². The number of ketones is 1. The maximum absolute atomic E-state index is 12.8. The van der Waals surface area contributed by atoms with Crippen LogP contribution in [-0.2, 0) is 14.3 Å². The monoisotopic (exact) mass is 464 g/mol. The number of carbonyl (C=O) groups excluding carboxylic acids is 2. The minimum Gasteiger partial charge on any atom is -0.362 e. The molecule has 0 spiro atoms. The Kier molecular flexibility index (Phi) is 6.87. The lowest BCUT2D eigenvalue weighted by atomic mass is 9.78. The molecule has 184 valence electrons. The van der Waals surface area contributed by atoms with E-state index in [1.54, 1.807) is 0 Å². The molecular weight excluding hydrogens is 424 g/mol. The van der Waals surface area contributed by atoms with Crippen molar-refractivity contribution in [1.29, 1.82) is 0 Å². The zero-order valence-corrected chi connectivity index (χ0v) is 21.4. The highest BCUT2D eigenvalue weighted by Crippen LogP contribution is 2.58. The average Bonchev–Trinajstić information content (AvgIpc) is 3.36. The quantitative estimate of drug-likeness (QED) is 0.529. The number of rotatable bonds is 1. The van der Waals surface area contributed by atoms with Gasteiger partial charge in [-0.3, -0.25) is 14.6 Å². The van der Waals surface area contributed by atoms with Crippen LogP contribution >= 0.6 is 0 Å². The third-order valence-electron chi connectivity index (χ3n) is 8.54. The molecule has 2 aliphatic rings. The van der Waals surface area contributed by atoms with Crippen LogP contribution in [0.1, 0.15) is 91.2 Å². The molecule has 4 unspecified atom stereocenters. The van der Waals surface area contributed by atoms with E-state index in [-0.39, 0.29) is 28.8 Å². The first kappa shape index (κ1) is 24.8. The van der Waals surface area contributed by atoms with Gasteiger partial charge < -0.3 is 10.1 Å². The maximum atomic E-state index is 12.8. The molecule has 3 heterocycles. The van der Waals surface area contributed by atoms with E-state index in [1.165, 1.54) is 0 Å². The lowest BCUT2D eigenvalue weighted by Gasteiger charge is -2.26. The molecule has 0 aliphatic carbocycles. The zero-order valence-electron chi connectivity index (χ0n) is 21.4. The SMILES string of the molecule is CC1CCCC2(C)OC2(C)C(c2ccc3ccccc3n2)CNC(=O)CCC(C)(C)C(=O)CC1. The first-order valence-electron chi connectivity index (χ1n) is 12.9. The molecule has 1 amide bonds. The Morgan fingerprint density at radius 2 is 1.74 bits per heavy atom. The van der Waals surface area contributed by atoms with Crippen molar-refractivity contribution in [3.63, 3.8) is 0 Å². The number of nitrogens with zero attached hydrogens (tertiary/aromatic N) is 1. The summed E-state index contributed by atoms with van der Waals surface area (Å²) in [6.07, 6.45) is 5.54. The van der Waals surface area contributed by atoms with E-state index in [0.717, 1.165) is 42.3 Å². The zero-order chi connectivity index (χ0) is 24.6. The van der Waals surface area contributed by atoms with E-state index in [0.29, 0.717) is 31.7 Å². The molecule has 2 fully saturated rings. The third-order valence-corrected chi connectivity index (χ3v) is 8.54. The van der Waals surface area contributed by atoms with Crippen LogP contribution in [0.5, 0.6) is 0 Å². The number of carbonyl (C=O) groups is 2. The van der Waals surface area contributed by atoms with E-state index in [1.807, 2.05) is 32.0 Å². The number of benzene rings is 1. The van der Waals surface area contributed by atoms with Gasteiger partial charge in [0.05, 0.1) is 17.0 Å². The molecule has 0 radical (unpaired) electrons. The second kappa shape index (κ2) is 9.41. The normalized spacial score (nSPS) is 33.2. The summed E-state index contributed by atoms with van der Waals surface area (Å²) >= 11 is 0. The van der Waals surface area contributed by atoms with Crippen molar-refractivity contribution in [3.8, 4) is 0 Å². The molecular formula is C29H40N2O3. The number of amides is 1. The van der Waals surface area contributed by atoms with Crippen molar-refractivity contribution in [2.75, 3.05) is 6.54 Å². The van der Waals surface area contributed by atoms with Crippen molar-refractivity contribution >= 4 is 22.6 Å². The molecule has 1 N–H and O–H groups in total. The van der Waals surface area contributed by atoms with Crippen LogP contribution in [0.25, 0.3) is 10.9 Å². The molecule has 1 aromatic carbocycles. The van der Waals surface area contributed by atoms with Gasteiger partial charge in [0.25, 0.3) is 0 Å². The first-order chi connectivity index (χ1) is 16.0. The number of aromatic nitrogens is 1. The summed E-state index contributed by atoms with van der Waals surface area (Å²) in [5, 5.41) is 4.26. The van der Waals surface area contributed by atoms with Crippen molar-refractivity contribution < 1.29 is 14.3 Å². The van der Waals surface area contributed by atoms with Crippen molar-refractivity contribution in [2.24, 2.45) is 11.3 Å². The molecule has 2 saturated heterocycles. The molecule has 2 aromatic rings. The van der Waals surface area contributed by atoms with Gasteiger partial charge in [0.15, 0.2) is 0 Å². The summed E-state index contributed by atoms with van der Waals surface area (Å²) in [6.45, 7) is 11.0. The summed E-state index contributed by atoms with van der Waals surface area (Å²) in [6, 6.07) is 12.3. The Hall–Kier alpha value is -2.27. The van der Waals surface area contributed by atoms with Gasteiger partial charge in [0.1, 0.15) is 11.4 Å². The number of para-hydroxylation sites is 1. The molecule has 2 aliphatic heterocycles. The van der Waals surface area contributed by atoms with Crippen LogP contribution in [0.2, 0.25) is 0 Å². The van der Waals surface area contributed by atoms with E-state index in [9.17, 15) is 9.59 Å². The second-order valence-electron chi connectivity index (χ2n) is 11.6. The molecule has 5 nitrogen and oxygen atoms in total. The van der Waals surface area contributed by atoms with Crippen LogP contribution in [0.15, 0.2) is 36.4 Å². The minimum absolute atomic E-state index is 0.0157. The highest BCUT2D eigenvalue weighted by atomic mass is 16.6. The van der Waals surface area contributed by atoms with Crippen LogP contribution in [-0.4, -0.2) is 34.4 Å². The Labute approximate surface area is 204 Å². The number of ether oxygens (including phenoxy) is 1. The van der Waals surface area contributed by atoms with E-state index in [4.69, 9.17) is 9.72 Å². The lowest BCUT2D eigenvalue weighted by molar-refractivity contribution is -0.128. The average molecular weight is 465 g/mol. The molecule has 4 atom stereocenters. The van der Waals surface area contributed by atoms with Crippen molar-refractivity contribution in [3.05, 3.63) is 42.1 Å². The highest BCUT2D eigenvalue weighted by Gasteiger charge is 2.67. The standard InChI is InChI=1S/C29H40N2O3/c1-20-9-8-17-28(4)29(5,34-28)22(24-14-13-21-10-6-7-11-23(21)31-24)19-30-26(33)16-18-27(2,3)25(32)15-12-20/h6-7,10-11,13-14,20,22H,8-9,12,15-19H2,1-5H3,(H,30,33). The van der Waals surface area contributed by atoms with Gasteiger partial charge in [0, 0.05) is 35.9 Å². The summed E-state index contributed by atoms with van der Waals surface area (Å²) < 4.78 is 6.47. The van der Waals surface area contributed by atoms with Gasteiger partial charge in [-0.1, -0.05) is 57.9 Å².